The fourth-order valence-electron chi connectivity index (χ4n) is 1.72. The summed E-state index contributed by atoms with van der Waals surface area (Å²) in [6.07, 6.45) is 0.411. The van der Waals surface area contributed by atoms with Gasteiger partial charge >= 0.3 is 5.97 Å². The minimum absolute atomic E-state index is 0.277. The highest BCUT2D eigenvalue weighted by Gasteiger charge is 2.41. The fourth-order valence-corrected chi connectivity index (χ4v) is 1.72. The SMILES string of the molecule is CC(CN1CCC(N)(C(=O)O)C1)C(N)=O. The van der Waals surface area contributed by atoms with Crippen molar-refractivity contribution in [3.8, 4) is 0 Å². The molecule has 6 nitrogen and oxygen atoms in total. The minimum Gasteiger partial charge on any atom is -0.480 e. The summed E-state index contributed by atoms with van der Waals surface area (Å²) in [5.74, 6) is -1.64. The van der Waals surface area contributed by atoms with Crippen molar-refractivity contribution in [1.82, 2.24) is 4.90 Å². The Bertz CT molecular complexity index is 282. The zero-order valence-electron chi connectivity index (χ0n) is 8.77. The number of amides is 1. The van der Waals surface area contributed by atoms with Gasteiger partial charge in [-0.05, 0) is 6.42 Å². The monoisotopic (exact) mass is 215 g/mol. The van der Waals surface area contributed by atoms with Crippen molar-refractivity contribution in [1.29, 1.82) is 0 Å². The molecule has 2 unspecified atom stereocenters. The van der Waals surface area contributed by atoms with Crippen molar-refractivity contribution in [2.45, 2.75) is 18.9 Å². The van der Waals surface area contributed by atoms with Gasteiger partial charge in [0.05, 0.1) is 0 Å². The van der Waals surface area contributed by atoms with Gasteiger partial charge in [0.25, 0.3) is 0 Å². The third-order valence-electron chi connectivity index (χ3n) is 2.82. The third-order valence-corrected chi connectivity index (χ3v) is 2.82. The fraction of sp³-hybridized carbons (Fsp3) is 0.778. The highest BCUT2D eigenvalue weighted by molar-refractivity contribution is 5.79. The first-order valence-corrected chi connectivity index (χ1v) is 4.89. The third kappa shape index (κ3) is 2.66. The maximum atomic E-state index is 10.8. The van der Waals surface area contributed by atoms with E-state index in [2.05, 4.69) is 0 Å². The molecule has 1 heterocycles. The van der Waals surface area contributed by atoms with Gasteiger partial charge in [-0.25, -0.2) is 0 Å². The van der Waals surface area contributed by atoms with Gasteiger partial charge in [-0.2, -0.15) is 0 Å². The highest BCUT2D eigenvalue weighted by Crippen LogP contribution is 2.19. The number of carbonyl (C=O) groups is 2. The van der Waals surface area contributed by atoms with Crippen LogP contribution in [-0.2, 0) is 9.59 Å². The number of carboxylic acid groups (broad SMARTS) is 1. The minimum atomic E-state index is -1.17. The molecule has 0 aromatic carbocycles. The second-order valence-corrected chi connectivity index (χ2v) is 4.25. The van der Waals surface area contributed by atoms with Gasteiger partial charge in [0.1, 0.15) is 5.54 Å². The van der Waals surface area contributed by atoms with Crippen molar-refractivity contribution in [3.05, 3.63) is 0 Å². The van der Waals surface area contributed by atoms with Gasteiger partial charge in [-0.1, -0.05) is 6.92 Å². The molecule has 5 N–H and O–H groups in total. The van der Waals surface area contributed by atoms with Crippen LogP contribution in [-0.4, -0.2) is 47.1 Å². The van der Waals surface area contributed by atoms with E-state index in [0.717, 1.165) is 0 Å². The summed E-state index contributed by atoms with van der Waals surface area (Å²) in [5, 5.41) is 8.89. The van der Waals surface area contributed by atoms with Crippen LogP contribution in [0.4, 0.5) is 0 Å². The Balaban J connectivity index is 2.50. The lowest BCUT2D eigenvalue weighted by atomic mass is 10.0. The number of likely N-dealkylation sites (tertiary alicyclic amines) is 1. The van der Waals surface area contributed by atoms with Crippen LogP contribution in [0.3, 0.4) is 0 Å². The maximum absolute atomic E-state index is 10.8. The molecular weight excluding hydrogens is 198 g/mol. The molecule has 0 saturated carbocycles. The molecule has 1 rings (SSSR count). The van der Waals surface area contributed by atoms with E-state index in [1.165, 1.54) is 0 Å². The lowest BCUT2D eigenvalue weighted by Gasteiger charge is -2.21. The first-order valence-electron chi connectivity index (χ1n) is 4.89. The van der Waals surface area contributed by atoms with Gasteiger partial charge in [0.2, 0.25) is 5.91 Å². The average molecular weight is 215 g/mol. The summed E-state index contributed by atoms with van der Waals surface area (Å²) >= 11 is 0. The number of rotatable bonds is 4. The number of carbonyl (C=O) groups excluding carboxylic acids is 1. The molecule has 0 aromatic rings. The number of aliphatic carboxylic acids is 1. The van der Waals surface area contributed by atoms with Crippen LogP contribution < -0.4 is 11.5 Å². The summed E-state index contributed by atoms with van der Waals surface area (Å²) in [7, 11) is 0. The molecule has 0 radical (unpaired) electrons. The second kappa shape index (κ2) is 4.16. The number of nitrogens with two attached hydrogens (primary N) is 2. The topological polar surface area (TPSA) is 110 Å². The number of hydrogen-bond donors (Lipinski definition) is 3. The lowest BCUT2D eigenvalue weighted by molar-refractivity contribution is -0.142. The summed E-state index contributed by atoms with van der Waals surface area (Å²) in [6, 6.07) is 0. The Morgan fingerprint density at radius 3 is 2.60 bits per heavy atom. The molecule has 0 spiro atoms. The summed E-state index contributed by atoms with van der Waals surface area (Å²) < 4.78 is 0. The van der Waals surface area contributed by atoms with Crippen LogP contribution in [0, 0.1) is 5.92 Å². The van der Waals surface area contributed by atoms with Gasteiger partial charge in [-0.3, -0.25) is 9.59 Å². The van der Waals surface area contributed by atoms with Crippen LogP contribution in [0.25, 0.3) is 0 Å². The van der Waals surface area contributed by atoms with Gasteiger partial charge in [0, 0.05) is 25.6 Å². The molecule has 1 saturated heterocycles. The molecule has 1 amide bonds. The van der Waals surface area contributed by atoms with E-state index in [-0.39, 0.29) is 18.4 Å². The molecule has 15 heavy (non-hydrogen) atoms. The van der Waals surface area contributed by atoms with Crippen LogP contribution in [0.1, 0.15) is 13.3 Å². The molecule has 1 aliphatic rings. The predicted octanol–water partition coefficient (Wildman–Crippen LogP) is -1.40. The first kappa shape index (κ1) is 11.9. The van der Waals surface area contributed by atoms with Crippen molar-refractivity contribution in [2.24, 2.45) is 17.4 Å². The molecule has 1 aliphatic heterocycles. The number of carboxylic acids is 1. The molecule has 86 valence electrons. The van der Waals surface area contributed by atoms with Crippen LogP contribution in [0.15, 0.2) is 0 Å². The Hall–Kier alpha value is -1.14. The highest BCUT2D eigenvalue weighted by atomic mass is 16.4. The van der Waals surface area contributed by atoms with E-state index in [1.807, 2.05) is 4.90 Å². The van der Waals surface area contributed by atoms with Gasteiger partial charge in [0.15, 0.2) is 0 Å². The van der Waals surface area contributed by atoms with E-state index in [9.17, 15) is 9.59 Å². The molecule has 0 bridgehead atoms. The maximum Gasteiger partial charge on any atom is 0.325 e. The predicted molar refractivity (Wildman–Crippen MR) is 54.0 cm³/mol. The Morgan fingerprint density at radius 1 is 1.60 bits per heavy atom. The van der Waals surface area contributed by atoms with E-state index < -0.39 is 11.5 Å². The van der Waals surface area contributed by atoms with Crippen molar-refractivity contribution < 1.29 is 14.7 Å². The van der Waals surface area contributed by atoms with Gasteiger partial charge < -0.3 is 21.5 Å². The molecule has 2 atom stereocenters. The zero-order chi connectivity index (χ0) is 11.6. The Kier molecular flexibility index (Phi) is 3.31. The molecule has 0 aromatic heterocycles. The Morgan fingerprint density at radius 2 is 2.20 bits per heavy atom. The summed E-state index contributed by atoms with van der Waals surface area (Å²) in [4.78, 5) is 23.5. The van der Waals surface area contributed by atoms with E-state index in [1.54, 1.807) is 6.92 Å². The van der Waals surface area contributed by atoms with Crippen LogP contribution >= 0.6 is 0 Å². The normalized spacial score (nSPS) is 28.9. The molecule has 1 fully saturated rings. The number of primary amides is 1. The largest absolute Gasteiger partial charge is 0.480 e. The quantitative estimate of drug-likeness (QED) is 0.534. The van der Waals surface area contributed by atoms with Gasteiger partial charge in [-0.15, -0.1) is 0 Å². The number of hydrogen-bond acceptors (Lipinski definition) is 4. The zero-order valence-corrected chi connectivity index (χ0v) is 8.77. The average Bonchev–Trinajstić information content (AvgIpc) is 2.48. The standard InChI is InChI=1S/C9H17N3O3/c1-6(7(10)13)4-12-3-2-9(11,5-12)8(14)15/h6H,2-5,11H2,1H3,(H2,10,13)(H,14,15). The smallest absolute Gasteiger partial charge is 0.325 e. The van der Waals surface area contributed by atoms with Crippen molar-refractivity contribution >= 4 is 11.9 Å². The number of nitrogens with zero attached hydrogens (tertiary/aromatic N) is 1. The van der Waals surface area contributed by atoms with Crippen LogP contribution in [0.2, 0.25) is 0 Å². The molecule has 6 heteroatoms. The lowest BCUT2D eigenvalue weighted by Crippen LogP contribution is -2.50. The van der Waals surface area contributed by atoms with Crippen LogP contribution in [0.5, 0.6) is 0 Å². The van der Waals surface area contributed by atoms with E-state index in [4.69, 9.17) is 16.6 Å². The van der Waals surface area contributed by atoms with E-state index in [0.29, 0.717) is 19.5 Å². The van der Waals surface area contributed by atoms with Crippen molar-refractivity contribution in [2.75, 3.05) is 19.6 Å². The summed E-state index contributed by atoms with van der Waals surface area (Å²) in [5.41, 5.74) is 9.65. The summed E-state index contributed by atoms with van der Waals surface area (Å²) in [6.45, 7) is 3.07. The first-order chi connectivity index (χ1) is 6.85. The van der Waals surface area contributed by atoms with Crippen molar-refractivity contribution in [3.63, 3.8) is 0 Å². The molecular formula is C9H17N3O3. The second-order valence-electron chi connectivity index (χ2n) is 4.25. The molecule has 0 aliphatic carbocycles. The van der Waals surface area contributed by atoms with E-state index >= 15 is 0 Å². The Labute approximate surface area is 88.2 Å².